The quantitative estimate of drug-likeness (QED) is 0.324. The molecule has 0 saturated carbocycles. The molecule has 172 valence electrons. The Morgan fingerprint density at radius 2 is 1.58 bits per heavy atom. The molecule has 0 aromatic carbocycles. The van der Waals surface area contributed by atoms with Crippen LogP contribution in [0.25, 0.3) is 22.1 Å². The molecule has 5 nitrogen and oxygen atoms in total. The number of methoxy groups -OCH3 is 1. The molecule has 5 heterocycles. The topological polar surface area (TPSA) is 66.6 Å². The summed E-state index contributed by atoms with van der Waals surface area (Å²) in [6.45, 7) is 8.93. The lowest BCUT2D eigenvalue weighted by Gasteiger charge is -2.16. The number of aromatic nitrogens is 4. The van der Waals surface area contributed by atoms with E-state index < -0.39 is 0 Å². The van der Waals surface area contributed by atoms with E-state index in [4.69, 9.17) is 14.7 Å². The van der Waals surface area contributed by atoms with Gasteiger partial charge in [0.25, 0.3) is 0 Å². The number of hydrogen-bond acceptors (Lipinski definition) is 4. The number of nitrogens with zero attached hydrogens (tertiary/aromatic N) is 2. The minimum Gasteiger partial charge on any atom is -0.493 e. The van der Waals surface area contributed by atoms with Gasteiger partial charge in [0.1, 0.15) is 0 Å². The lowest BCUT2D eigenvalue weighted by molar-refractivity contribution is 0.409. The number of nitrogens with one attached hydrogen (secondary N) is 2. The highest BCUT2D eigenvalue weighted by Gasteiger charge is 2.32. The number of halogens is 2. The molecule has 0 amide bonds. The van der Waals surface area contributed by atoms with Crippen molar-refractivity contribution in [3.8, 4) is 5.75 Å². The Kier molecular flexibility index (Phi) is 5.69. The fourth-order valence-corrected chi connectivity index (χ4v) is 6.34. The van der Waals surface area contributed by atoms with Gasteiger partial charge in [-0.15, -0.1) is 0 Å². The van der Waals surface area contributed by atoms with E-state index >= 15 is 0 Å². The molecule has 3 aromatic rings. The van der Waals surface area contributed by atoms with Crippen LogP contribution in [0.1, 0.15) is 50.5 Å². The zero-order valence-corrected chi connectivity index (χ0v) is 23.3. The Hall–Kier alpha value is -1.77. The highest BCUT2D eigenvalue weighted by Crippen LogP contribution is 2.39. The summed E-state index contributed by atoms with van der Waals surface area (Å²) in [5.41, 5.74) is 7.90. The first kappa shape index (κ1) is 23.0. The number of H-pyrrole nitrogens is 2. The molecule has 0 fully saturated rings. The van der Waals surface area contributed by atoms with E-state index in [1.807, 2.05) is 0 Å². The summed E-state index contributed by atoms with van der Waals surface area (Å²) in [7, 11) is 3.27. The number of rotatable bonds is 2. The summed E-state index contributed by atoms with van der Waals surface area (Å²) >= 11 is 7.30. The summed E-state index contributed by atoms with van der Waals surface area (Å²) in [5.74, 6) is 0.766. The van der Waals surface area contributed by atoms with Crippen LogP contribution in [0, 0.1) is 0 Å². The molecule has 0 atom stereocenters. The van der Waals surface area contributed by atoms with Gasteiger partial charge in [-0.3, -0.25) is 9.97 Å². The normalized spacial score (nSPS) is 16.7. The Morgan fingerprint density at radius 1 is 0.909 bits per heavy atom. The molecule has 0 unspecified atom stereocenters. The van der Waals surface area contributed by atoms with E-state index in [-0.39, 0.29) is 10.8 Å². The lowest BCUT2D eigenvalue weighted by atomic mass is 9.87. The minimum absolute atomic E-state index is 0.0579. The van der Waals surface area contributed by atoms with Gasteiger partial charge in [0.2, 0.25) is 0 Å². The van der Waals surface area contributed by atoms with Gasteiger partial charge in [0.15, 0.2) is 5.75 Å². The van der Waals surface area contributed by atoms with Crippen LogP contribution in [0.2, 0.25) is 0 Å². The number of ether oxygens (including phenoxy) is 1. The predicted octanol–water partition coefficient (Wildman–Crippen LogP) is 7.53. The van der Waals surface area contributed by atoms with E-state index in [0.717, 1.165) is 72.8 Å². The highest BCUT2D eigenvalue weighted by atomic mass is 79.9. The third-order valence-corrected chi connectivity index (χ3v) is 8.61. The van der Waals surface area contributed by atoms with Crippen LogP contribution < -0.4 is 4.74 Å². The van der Waals surface area contributed by atoms with E-state index in [2.05, 4.69) is 98.7 Å². The van der Waals surface area contributed by atoms with Crippen LogP contribution in [0.5, 0.6) is 5.75 Å². The summed E-state index contributed by atoms with van der Waals surface area (Å²) in [5, 5.41) is 0. The maximum atomic E-state index is 5.89. The van der Waals surface area contributed by atoms with Crippen LogP contribution >= 0.6 is 40.9 Å². The van der Waals surface area contributed by atoms with Crippen molar-refractivity contribution < 1.29 is 4.74 Å². The van der Waals surface area contributed by atoms with Crippen molar-refractivity contribution in [2.24, 2.45) is 0 Å². The van der Waals surface area contributed by atoms with Crippen LogP contribution in [-0.2, 0) is 23.7 Å². The molecular weight excluding hydrogens is 564 g/mol. The lowest BCUT2D eigenvalue weighted by Crippen LogP contribution is -2.15. The molecule has 8 heteroatoms. The standard InChI is InChI=1S/C25H26Br2N4OS/c1-24(2)11-15-7-17-19(33-27)8-14(28-17)10-21-25(3,4)12-18(31-21)23(32-5)22-16(26)6-13(30-22)9-20(24)29-15/h6-10,28,30H,11-12H2,1-5H3. The number of fused-ring (bicyclic) bond motifs is 8. The Morgan fingerprint density at radius 3 is 2.27 bits per heavy atom. The molecule has 8 bridgehead atoms. The summed E-state index contributed by atoms with van der Waals surface area (Å²) in [6.07, 6.45) is 1.68. The van der Waals surface area contributed by atoms with Crippen molar-refractivity contribution >= 4 is 63.0 Å². The number of aromatic amines is 2. The van der Waals surface area contributed by atoms with Crippen LogP contribution in [0.3, 0.4) is 0 Å². The van der Waals surface area contributed by atoms with Gasteiger partial charge in [-0.1, -0.05) is 27.7 Å². The second kappa shape index (κ2) is 8.17. The van der Waals surface area contributed by atoms with Crippen molar-refractivity contribution in [3.63, 3.8) is 0 Å². The molecule has 33 heavy (non-hydrogen) atoms. The van der Waals surface area contributed by atoms with Gasteiger partial charge in [0, 0.05) is 61.2 Å². The van der Waals surface area contributed by atoms with Gasteiger partial charge in [-0.2, -0.15) is 0 Å². The van der Waals surface area contributed by atoms with Crippen LogP contribution in [-0.4, -0.2) is 27.0 Å². The van der Waals surface area contributed by atoms with Crippen molar-refractivity contribution in [3.05, 3.63) is 57.6 Å². The molecule has 0 radical (unpaired) electrons. The van der Waals surface area contributed by atoms with Gasteiger partial charge < -0.3 is 14.7 Å². The van der Waals surface area contributed by atoms with E-state index in [1.165, 1.54) is 0 Å². The third-order valence-electron chi connectivity index (χ3n) is 6.43. The smallest absolute Gasteiger partial charge is 0.164 e. The van der Waals surface area contributed by atoms with Gasteiger partial charge in [0.05, 0.1) is 23.8 Å². The van der Waals surface area contributed by atoms with Gasteiger partial charge in [-0.05, 0) is 71.3 Å². The van der Waals surface area contributed by atoms with E-state index in [1.54, 1.807) is 17.3 Å². The summed E-state index contributed by atoms with van der Waals surface area (Å²) in [4.78, 5) is 18.3. The molecule has 0 saturated heterocycles. The Labute approximate surface area is 213 Å². The third kappa shape index (κ3) is 4.15. The monoisotopic (exact) mass is 588 g/mol. The average Bonchev–Trinajstić information content (AvgIpc) is 3.43. The SMILES string of the molecule is COc1c2nc(cc3cc(SBr)c(cc4nc(cc5cc(Br)c1[nH]5)C(C)(C)C4)[nH]3)C(C)(C)C2. The minimum atomic E-state index is -0.110. The first-order valence-corrected chi connectivity index (χ1v) is 14.3. The van der Waals surface area contributed by atoms with Crippen molar-refractivity contribution in [1.29, 1.82) is 0 Å². The first-order chi connectivity index (χ1) is 15.6. The average molecular weight is 590 g/mol. The Balaban J connectivity index is 1.94. The second-order valence-corrected chi connectivity index (χ2v) is 12.5. The van der Waals surface area contributed by atoms with Crippen molar-refractivity contribution in [2.45, 2.75) is 56.3 Å². The molecule has 3 aromatic heterocycles. The van der Waals surface area contributed by atoms with E-state index in [0.29, 0.717) is 0 Å². The second-order valence-electron chi connectivity index (χ2n) is 10.0. The maximum absolute atomic E-state index is 5.89. The predicted molar refractivity (Wildman–Crippen MR) is 143 cm³/mol. The van der Waals surface area contributed by atoms with Gasteiger partial charge >= 0.3 is 0 Å². The zero-order valence-electron chi connectivity index (χ0n) is 19.3. The summed E-state index contributed by atoms with van der Waals surface area (Å²) < 4.78 is 6.84. The molecule has 0 spiro atoms. The fraction of sp³-hybridized carbons (Fsp3) is 0.360. The van der Waals surface area contributed by atoms with Gasteiger partial charge in [-0.25, -0.2) is 0 Å². The van der Waals surface area contributed by atoms with Crippen molar-refractivity contribution in [1.82, 2.24) is 19.9 Å². The maximum Gasteiger partial charge on any atom is 0.164 e. The fourth-order valence-electron chi connectivity index (χ4n) is 4.64. The zero-order chi connectivity index (χ0) is 23.5. The van der Waals surface area contributed by atoms with Crippen LogP contribution in [0.15, 0.2) is 39.7 Å². The van der Waals surface area contributed by atoms with E-state index in [9.17, 15) is 0 Å². The Bertz CT molecular complexity index is 1420. The molecule has 2 N–H and O–H groups in total. The van der Waals surface area contributed by atoms with Crippen molar-refractivity contribution in [2.75, 3.05) is 7.11 Å². The largest absolute Gasteiger partial charge is 0.493 e. The molecule has 2 aliphatic rings. The molecular formula is C25H26Br2N4OS. The molecule has 5 rings (SSSR count). The molecule has 0 aliphatic carbocycles. The number of hydrogen-bond donors (Lipinski definition) is 2. The highest BCUT2D eigenvalue weighted by molar-refractivity contribution is 9.50. The molecule has 2 aliphatic heterocycles. The summed E-state index contributed by atoms with van der Waals surface area (Å²) in [6, 6.07) is 10.7. The first-order valence-electron chi connectivity index (χ1n) is 10.9. The van der Waals surface area contributed by atoms with Crippen LogP contribution in [0.4, 0.5) is 0 Å².